The van der Waals surface area contributed by atoms with Crippen molar-refractivity contribution in [3.8, 4) is 0 Å². The van der Waals surface area contributed by atoms with E-state index in [-0.39, 0.29) is 17.8 Å². The molecule has 1 N–H and O–H groups in total. The van der Waals surface area contributed by atoms with Gasteiger partial charge in [0.05, 0.1) is 5.69 Å². The number of hydrogen-bond acceptors (Lipinski definition) is 4. The molecule has 2 aromatic carbocycles. The lowest BCUT2D eigenvalue weighted by Crippen LogP contribution is -2.31. The van der Waals surface area contributed by atoms with Gasteiger partial charge in [0, 0.05) is 36.3 Å². The smallest absolute Gasteiger partial charge is 0.322 e. The van der Waals surface area contributed by atoms with E-state index in [9.17, 15) is 14.0 Å². The predicted octanol–water partition coefficient (Wildman–Crippen LogP) is 4.29. The minimum absolute atomic E-state index is 0.0579. The van der Waals surface area contributed by atoms with Crippen LogP contribution in [0.25, 0.3) is 0 Å². The molecule has 4 rings (SSSR count). The van der Waals surface area contributed by atoms with Gasteiger partial charge in [-0.05, 0) is 48.9 Å². The highest BCUT2D eigenvalue weighted by molar-refractivity contribution is 7.14. The third-order valence-corrected chi connectivity index (χ3v) is 5.61. The summed E-state index contributed by atoms with van der Waals surface area (Å²) in [5.41, 5.74) is 2.87. The van der Waals surface area contributed by atoms with Crippen LogP contribution in [0, 0.1) is 12.7 Å². The summed E-state index contributed by atoms with van der Waals surface area (Å²) in [4.78, 5) is 32.8. The van der Waals surface area contributed by atoms with Crippen LogP contribution in [-0.2, 0) is 6.54 Å². The number of aromatic nitrogens is 1. The molecule has 3 amide bonds. The SMILES string of the molecule is Cc1csc(N2CCN(Cc3ccc(C(=O)Nc4ccc(F)cc4)cc3)C2=O)n1. The van der Waals surface area contributed by atoms with Crippen molar-refractivity contribution >= 4 is 34.1 Å². The summed E-state index contributed by atoms with van der Waals surface area (Å²) in [5, 5.41) is 5.38. The van der Waals surface area contributed by atoms with Gasteiger partial charge < -0.3 is 10.2 Å². The lowest BCUT2D eigenvalue weighted by atomic mass is 10.1. The van der Waals surface area contributed by atoms with E-state index >= 15 is 0 Å². The maximum Gasteiger partial charge on any atom is 0.326 e. The molecule has 0 spiro atoms. The molecule has 3 aromatic rings. The van der Waals surface area contributed by atoms with Gasteiger partial charge in [0.1, 0.15) is 5.82 Å². The molecule has 2 heterocycles. The summed E-state index contributed by atoms with van der Waals surface area (Å²) in [6.45, 7) is 3.62. The lowest BCUT2D eigenvalue weighted by Gasteiger charge is -2.17. The molecule has 0 bridgehead atoms. The molecular formula is C21H19FN4O2S. The topological polar surface area (TPSA) is 65.5 Å². The second-order valence-corrected chi connectivity index (χ2v) is 7.62. The first kappa shape index (κ1) is 19.1. The first-order valence-electron chi connectivity index (χ1n) is 9.14. The van der Waals surface area contributed by atoms with Crippen LogP contribution < -0.4 is 10.2 Å². The number of hydrogen-bond donors (Lipinski definition) is 1. The minimum atomic E-state index is -0.354. The third-order valence-electron chi connectivity index (χ3n) is 4.62. The van der Waals surface area contributed by atoms with Crippen molar-refractivity contribution in [3.05, 3.63) is 76.5 Å². The van der Waals surface area contributed by atoms with E-state index in [2.05, 4.69) is 10.3 Å². The predicted molar refractivity (Wildman–Crippen MR) is 111 cm³/mol. The molecule has 0 unspecified atom stereocenters. The van der Waals surface area contributed by atoms with Crippen molar-refractivity contribution in [1.82, 2.24) is 9.88 Å². The fourth-order valence-corrected chi connectivity index (χ4v) is 3.91. The number of carbonyl (C=O) groups is 2. The van der Waals surface area contributed by atoms with Crippen molar-refractivity contribution in [3.63, 3.8) is 0 Å². The Bertz CT molecular complexity index is 1030. The molecule has 6 nitrogen and oxygen atoms in total. The highest BCUT2D eigenvalue weighted by atomic mass is 32.1. The van der Waals surface area contributed by atoms with Crippen LogP contribution >= 0.6 is 11.3 Å². The van der Waals surface area contributed by atoms with Gasteiger partial charge in [-0.1, -0.05) is 12.1 Å². The van der Waals surface area contributed by atoms with E-state index in [0.717, 1.165) is 16.4 Å². The molecule has 1 fully saturated rings. The number of benzene rings is 2. The number of carbonyl (C=O) groups excluding carboxylic acids is 2. The summed E-state index contributed by atoms with van der Waals surface area (Å²) < 4.78 is 13.0. The van der Waals surface area contributed by atoms with Gasteiger partial charge in [-0.3, -0.25) is 9.69 Å². The van der Waals surface area contributed by atoms with Crippen molar-refractivity contribution in [2.75, 3.05) is 23.3 Å². The minimum Gasteiger partial charge on any atom is -0.322 e. The van der Waals surface area contributed by atoms with E-state index in [1.807, 2.05) is 24.4 Å². The maximum absolute atomic E-state index is 13.0. The highest BCUT2D eigenvalue weighted by Gasteiger charge is 2.31. The standard InChI is InChI=1S/C21H19FN4O2S/c1-14-13-29-20(23-14)26-11-10-25(21(26)28)12-15-2-4-16(5-3-15)19(27)24-18-8-6-17(22)7-9-18/h2-9,13H,10-12H2,1H3,(H,24,27). The summed E-state index contributed by atoms with van der Waals surface area (Å²) >= 11 is 1.47. The second-order valence-electron chi connectivity index (χ2n) is 6.79. The van der Waals surface area contributed by atoms with Crippen molar-refractivity contribution < 1.29 is 14.0 Å². The number of halogens is 1. The van der Waals surface area contributed by atoms with Gasteiger partial charge in [0.15, 0.2) is 5.13 Å². The number of amides is 3. The van der Waals surface area contributed by atoms with E-state index in [1.165, 1.54) is 35.6 Å². The highest BCUT2D eigenvalue weighted by Crippen LogP contribution is 2.25. The molecule has 148 valence electrons. The zero-order chi connectivity index (χ0) is 20.4. The van der Waals surface area contributed by atoms with Crippen LogP contribution in [0.2, 0.25) is 0 Å². The zero-order valence-electron chi connectivity index (χ0n) is 15.8. The van der Waals surface area contributed by atoms with Crippen molar-refractivity contribution in [2.45, 2.75) is 13.5 Å². The molecule has 0 radical (unpaired) electrons. The Morgan fingerprint density at radius 1 is 1.14 bits per heavy atom. The van der Waals surface area contributed by atoms with Gasteiger partial charge in [-0.15, -0.1) is 11.3 Å². The van der Waals surface area contributed by atoms with Gasteiger partial charge in [0.25, 0.3) is 5.91 Å². The average Bonchev–Trinajstić information content (AvgIpc) is 3.30. The van der Waals surface area contributed by atoms with Gasteiger partial charge in [-0.25, -0.2) is 14.2 Å². The number of urea groups is 1. The summed E-state index contributed by atoms with van der Waals surface area (Å²) in [5.74, 6) is -0.627. The average molecular weight is 410 g/mol. The number of rotatable bonds is 5. The molecule has 29 heavy (non-hydrogen) atoms. The first-order valence-corrected chi connectivity index (χ1v) is 10.0. The van der Waals surface area contributed by atoms with E-state index < -0.39 is 0 Å². The molecule has 1 aromatic heterocycles. The molecule has 8 heteroatoms. The Labute approximate surface area is 171 Å². The van der Waals surface area contributed by atoms with Crippen LogP contribution in [0.4, 0.5) is 20.0 Å². The van der Waals surface area contributed by atoms with Crippen LogP contribution in [0.5, 0.6) is 0 Å². The fourth-order valence-electron chi connectivity index (χ4n) is 3.09. The Hall–Kier alpha value is -3.26. The zero-order valence-corrected chi connectivity index (χ0v) is 16.6. The number of nitrogens with zero attached hydrogens (tertiary/aromatic N) is 3. The third kappa shape index (κ3) is 4.27. The lowest BCUT2D eigenvalue weighted by molar-refractivity contribution is 0.102. The number of aryl methyl sites for hydroxylation is 1. The second kappa shape index (κ2) is 8.00. The molecule has 0 atom stereocenters. The Kier molecular flexibility index (Phi) is 5.26. The molecule has 0 aliphatic carbocycles. The van der Waals surface area contributed by atoms with E-state index in [4.69, 9.17) is 0 Å². The van der Waals surface area contributed by atoms with E-state index in [0.29, 0.717) is 30.9 Å². The largest absolute Gasteiger partial charge is 0.326 e. The Morgan fingerprint density at radius 3 is 2.52 bits per heavy atom. The normalized spacial score (nSPS) is 13.8. The summed E-state index contributed by atoms with van der Waals surface area (Å²) in [6.07, 6.45) is 0. The van der Waals surface area contributed by atoms with Crippen LogP contribution in [0.3, 0.4) is 0 Å². The maximum atomic E-state index is 13.0. The number of thiazole rings is 1. The molecule has 1 saturated heterocycles. The number of nitrogens with one attached hydrogen (secondary N) is 1. The van der Waals surface area contributed by atoms with Gasteiger partial charge >= 0.3 is 6.03 Å². The van der Waals surface area contributed by atoms with Crippen LogP contribution in [0.1, 0.15) is 21.6 Å². The monoisotopic (exact) mass is 410 g/mol. The fraction of sp³-hybridized carbons (Fsp3) is 0.190. The van der Waals surface area contributed by atoms with Gasteiger partial charge in [0.2, 0.25) is 0 Å². The summed E-state index contributed by atoms with van der Waals surface area (Å²) in [7, 11) is 0. The van der Waals surface area contributed by atoms with Crippen molar-refractivity contribution in [2.24, 2.45) is 0 Å². The van der Waals surface area contributed by atoms with E-state index in [1.54, 1.807) is 21.9 Å². The van der Waals surface area contributed by atoms with Crippen LogP contribution in [-0.4, -0.2) is 34.9 Å². The Balaban J connectivity index is 1.37. The van der Waals surface area contributed by atoms with Crippen LogP contribution in [0.15, 0.2) is 53.9 Å². The first-order chi connectivity index (χ1) is 14.0. The molecule has 1 aliphatic rings. The Morgan fingerprint density at radius 2 is 1.86 bits per heavy atom. The quantitative estimate of drug-likeness (QED) is 0.683. The molecular weight excluding hydrogens is 391 g/mol. The molecule has 0 saturated carbocycles. The number of anilines is 2. The van der Waals surface area contributed by atoms with Crippen molar-refractivity contribution in [1.29, 1.82) is 0 Å². The molecule has 1 aliphatic heterocycles. The van der Waals surface area contributed by atoms with Gasteiger partial charge in [-0.2, -0.15) is 0 Å². The summed E-state index contributed by atoms with van der Waals surface area (Å²) in [6, 6.07) is 12.7.